The van der Waals surface area contributed by atoms with Crippen LogP contribution >= 0.6 is 0 Å². The van der Waals surface area contributed by atoms with E-state index in [2.05, 4.69) is 31.3 Å². The van der Waals surface area contributed by atoms with Gasteiger partial charge in [0, 0.05) is 20.0 Å². The third kappa shape index (κ3) is 4.57. The van der Waals surface area contributed by atoms with Gasteiger partial charge in [-0.2, -0.15) is 0 Å². The highest BCUT2D eigenvalue weighted by atomic mass is 16.2. The molecule has 2 atom stereocenters. The molecule has 1 heterocycles. The molecule has 0 aliphatic carbocycles. The number of rotatable bonds is 5. The predicted octanol–water partition coefficient (Wildman–Crippen LogP) is 2.98. The Balaban J connectivity index is 1.86. The summed E-state index contributed by atoms with van der Waals surface area (Å²) in [7, 11) is 1.92. The average Bonchev–Trinajstić information content (AvgIpc) is 2.50. The van der Waals surface area contributed by atoms with Crippen molar-refractivity contribution in [1.82, 2.24) is 10.2 Å². The lowest BCUT2D eigenvalue weighted by atomic mass is 9.85. The van der Waals surface area contributed by atoms with Crippen LogP contribution in [0.1, 0.15) is 37.3 Å². The zero-order valence-corrected chi connectivity index (χ0v) is 13.6. The largest absolute Gasteiger partial charge is 0.341 e. The molecule has 0 saturated carbocycles. The van der Waals surface area contributed by atoms with E-state index in [9.17, 15) is 4.79 Å². The first-order valence-electron chi connectivity index (χ1n) is 8.07. The first-order valence-corrected chi connectivity index (χ1v) is 8.07. The Morgan fingerprint density at radius 1 is 1.43 bits per heavy atom. The summed E-state index contributed by atoms with van der Waals surface area (Å²) in [4.78, 5) is 14.3. The fraction of sp³-hybridized carbons (Fsp3) is 0.611. The van der Waals surface area contributed by atoms with Crippen LogP contribution in [0.5, 0.6) is 0 Å². The lowest BCUT2D eigenvalue weighted by molar-refractivity contribution is -0.131. The van der Waals surface area contributed by atoms with E-state index in [1.165, 1.54) is 24.0 Å². The lowest BCUT2D eigenvalue weighted by Crippen LogP contribution is -2.36. The van der Waals surface area contributed by atoms with Gasteiger partial charge in [-0.05, 0) is 55.8 Å². The van der Waals surface area contributed by atoms with E-state index in [4.69, 9.17) is 0 Å². The lowest BCUT2D eigenvalue weighted by Gasteiger charge is -2.29. The molecule has 0 aromatic heterocycles. The third-order valence-corrected chi connectivity index (χ3v) is 4.73. The van der Waals surface area contributed by atoms with Crippen LogP contribution in [-0.2, 0) is 11.3 Å². The second-order valence-electron chi connectivity index (χ2n) is 6.46. The van der Waals surface area contributed by atoms with Crippen LogP contribution in [0, 0.1) is 18.8 Å². The Bertz CT molecular complexity index is 466. The maximum atomic E-state index is 12.4. The van der Waals surface area contributed by atoms with Gasteiger partial charge in [0.05, 0.1) is 0 Å². The maximum Gasteiger partial charge on any atom is 0.222 e. The SMILES string of the molecule is Cc1ccccc1CN(C)C(=O)CC(C)C1CCCNC1. The molecular weight excluding hydrogens is 260 g/mol. The number of benzene rings is 1. The fourth-order valence-corrected chi connectivity index (χ4v) is 3.09. The van der Waals surface area contributed by atoms with Crippen LogP contribution in [0.25, 0.3) is 0 Å². The summed E-state index contributed by atoms with van der Waals surface area (Å²) in [5, 5.41) is 3.44. The molecule has 1 aliphatic heterocycles. The van der Waals surface area contributed by atoms with E-state index < -0.39 is 0 Å². The van der Waals surface area contributed by atoms with E-state index in [-0.39, 0.29) is 5.91 Å². The zero-order chi connectivity index (χ0) is 15.2. The van der Waals surface area contributed by atoms with Gasteiger partial charge in [-0.3, -0.25) is 4.79 Å². The molecule has 0 bridgehead atoms. The topological polar surface area (TPSA) is 32.3 Å². The molecule has 1 aromatic rings. The highest BCUT2D eigenvalue weighted by Gasteiger charge is 2.23. The molecule has 3 nitrogen and oxygen atoms in total. The van der Waals surface area contributed by atoms with Crippen LogP contribution in [-0.4, -0.2) is 30.9 Å². The molecule has 1 amide bonds. The van der Waals surface area contributed by atoms with Crippen LogP contribution in [0.4, 0.5) is 0 Å². The highest BCUT2D eigenvalue weighted by molar-refractivity contribution is 5.76. The van der Waals surface area contributed by atoms with Crippen molar-refractivity contribution in [3.05, 3.63) is 35.4 Å². The van der Waals surface area contributed by atoms with Crippen molar-refractivity contribution in [2.24, 2.45) is 11.8 Å². The Labute approximate surface area is 128 Å². The van der Waals surface area contributed by atoms with Gasteiger partial charge >= 0.3 is 0 Å². The van der Waals surface area contributed by atoms with Gasteiger partial charge < -0.3 is 10.2 Å². The van der Waals surface area contributed by atoms with Crippen molar-refractivity contribution in [3.63, 3.8) is 0 Å². The zero-order valence-electron chi connectivity index (χ0n) is 13.6. The van der Waals surface area contributed by atoms with Gasteiger partial charge in [0.25, 0.3) is 0 Å². The average molecular weight is 288 g/mol. The highest BCUT2D eigenvalue weighted by Crippen LogP contribution is 2.23. The van der Waals surface area contributed by atoms with Crippen molar-refractivity contribution in [3.8, 4) is 0 Å². The summed E-state index contributed by atoms with van der Waals surface area (Å²) in [5.74, 6) is 1.37. The van der Waals surface area contributed by atoms with Gasteiger partial charge in [0.15, 0.2) is 0 Å². The minimum absolute atomic E-state index is 0.260. The number of carbonyl (C=O) groups excluding carboxylic acids is 1. The van der Waals surface area contributed by atoms with Gasteiger partial charge in [0.2, 0.25) is 5.91 Å². The van der Waals surface area contributed by atoms with Crippen LogP contribution in [0.15, 0.2) is 24.3 Å². The molecule has 2 unspecified atom stereocenters. The summed E-state index contributed by atoms with van der Waals surface area (Å²) < 4.78 is 0. The van der Waals surface area contributed by atoms with E-state index in [0.717, 1.165) is 13.1 Å². The second-order valence-corrected chi connectivity index (χ2v) is 6.46. The van der Waals surface area contributed by atoms with E-state index >= 15 is 0 Å². The maximum absolute atomic E-state index is 12.4. The molecule has 1 aliphatic rings. The molecule has 21 heavy (non-hydrogen) atoms. The molecule has 1 aromatic carbocycles. The Kier molecular flexibility index (Phi) is 5.80. The Morgan fingerprint density at radius 2 is 2.19 bits per heavy atom. The number of hydrogen-bond donors (Lipinski definition) is 1. The predicted molar refractivity (Wildman–Crippen MR) is 87.0 cm³/mol. The minimum Gasteiger partial charge on any atom is -0.341 e. The molecule has 3 heteroatoms. The smallest absolute Gasteiger partial charge is 0.222 e. The Hall–Kier alpha value is -1.35. The van der Waals surface area contributed by atoms with E-state index in [0.29, 0.717) is 24.8 Å². The van der Waals surface area contributed by atoms with Crippen molar-refractivity contribution < 1.29 is 4.79 Å². The number of piperidine rings is 1. The van der Waals surface area contributed by atoms with Crippen LogP contribution in [0.3, 0.4) is 0 Å². The number of amides is 1. The van der Waals surface area contributed by atoms with Gasteiger partial charge in [-0.25, -0.2) is 0 Å². The summed E-state index contributed by atoms with van der Waals surface area (Å²) in [6.45, 7) is 7.22. The molecule has 1 saturated heterocycles. The fourth-order valence-electron chi connectivity index (χ4n) is 3.09. The number of carbonyl (C=O) groups is 1. The van der Waals surface area contributed by atoms with Crippen molar-refractivity contribution >= 4 is 5.91 Å². The van der Waals surface area contributed by atoms with Crippen molar-refractivity contribution in [2.45, 2.75) is 39.7 Å². The van der Waals surface area contributed by atoms with Gasteiger partial charge in [-0.1, -0.05) is 31.2 Å². The molecular formula is C18H28N2O. The number of hydrogen-bond acceptors (Lipinski definition) is 2. The first-order chi connectivity index (χ1) is 10.1. The molecule has 2 rings (SSSR count). The first kappa shape index (κ1) is 16.0. The summed E-state index contributed by atoms with van der Waals surface area (Å²) in [6, 6.07) is 8.29. The van der Waals surface area contributed by atoms with Crippen LogP contribution in [0.2, 0.25) is 0 Å². The van der Waals surface area contributed by atoms with Crippen molar-refractivity contribution in [1.29, 1.82) is 0 Å². The normalized spacial score (nSPS) is 20.0. The summed E-state index contributed by atoms with van der Waals surface area (Å²) in [5.41, 5.74) is 2.49. The molecule has 1 fully saturated rings. The molecule has 0 radical (unpaired) electrons. The quantitative estimate of drug-likeness (QED) is 0.903. The third-order valence-electron chi connectivity index (χ3n) is 4.73. The second kappa shape index (κ2) is 7.60. The number of nitrogens with zero attached hydrogens (tertiary/aromatic N) is 1. The monoisotopic (exact) mass is 288 g/mol. The number of aryl methyl sites for hydroxylation is 1. The van der Waals surface area contributed by atoms with Crippen LogP contribution < -0.4 is 5.32 Å². The van der Waals surface area contributed by atoms with Crippen molar-refractivity contribution in [2.75, 3.05) is 20.1 Å². The minimum atomic E-state index is 0.260. The van der Waals surface area contributed by atoms with E-state index in [1.807, 2.05) is 24.1 Å². The molecule has 0 spiro atoms. The molecule has 116 valence electrons. The molecule has 1 N–H and O–H groups in total. The summed E-state index contributed by atoms with van der Waals surface area (Å²) >= 11 is 0. The van der Waals surface area contributed by atoms with Gasteiger partial charge in [0.1, 0.15) is 0 Å². The standard InChI is InChI=1S/C18H28N2O/c1-14-7-4-5-8-17(14)13-20(3)18(21)11-15(2)16-9-6-10-19-12-16/h4-5,7-8,15-16,19H,6,9-13H2,1-3H3. The Morgan fingerprint density at radius 3 is 2.86 bits per heavy atom. The van der Waals surface area contributed by atoms with E-state index in [1.54, 1.807) is 0 Å². The summed E-state index contributed by atoms with van der Waals surface area (Å²) in [6.07, 6.45) is 3.15. The van der Waals surface area contributed by atoms with Gasteiger partial charge in [-0.15, -0.1) is 0 Å². The number of nitrogens with one attached hydrogen (secondary N) is 1.